The molecule has 0 N–H and O–H groups in total. The van der Waals surface area contributed by atoms with Gasteiger partial charge in [0, 0.05) is 26.1 Å². The molecule has 2 aromatic rings. The van der Waals surface area contributed by atoms with Crippen molar-refractivity contribution in [3.63, 3.8) is 0 Å². The lowest BCUT2D eigenvalue weighted by Gasteiger charge is -2.25. The van der Waals surface area contributed by atoms with Gasteiger partial charge in [0.2, 0.25) is 11.8 Å². The van der Waals surface area contributed by atoms with Crippen LogP contribution in [0.25, 0.3) is 5.57 Å². The molecule has 0 unspecified atom stereocenters. The Morgan fingerprint density at radius 2 is 2.00 bits per heavy atom. The van der Waals surface area contributed by atoms with Gasteiger partial charge in [-0.05, 0) is 36.2 Å². The highest BCUT2D eigenvalue weighted by atomic mass is 32.1. The summed E-state index contributed by atoms with van der Waals surface area (Å²) in [7, 11) is 0. The number of hydrogen-bond acceptors (Lipinski definition) is 5. The fourth-order valence-electron chi connectivity index (χ4n) is 3.48. The highest BCUT2D eigenvalue weighted by Crippen LogP contribution is 2.22. The van der Waals surface area contributed by atoms with Gasteiger partial charge in [0.1, 0.15) is 0 Å². The molecule has 0 saturated carbocycles. The van der Waals surface area contributed by atoms with Crippen LogP contribution >= 0.6 is 12.2 Å². The third-order valence-electron chi connectivity index (χ3n) is 4.92. The number of carbonyl (C=O) groups excluding carboxylic acids is 1. The monoisotopic (exact) mass is 370 g/mol. The Balaban J connectivity index is 1.38. The summed E-state index contributed by atoms with van der Waals surface area (Å²) in [5.74, 6) is 0.679. The van der Waals surface area contributed by atoms with E-state index in [0.717, 1.165) is 32.5 Å². The van der Waals surface area contributed by atoms with Gasteiger partial charge in [-0.1, -0.05) is 36.4 Å². The molecule has 3 heterocycles. The maximum Gasteiger partial charge on any atom is 0.288 e. The van der Waals surface area contributed by atoms with Crippen LogP contribution in [0.3, 0.4) is 0 Å². The van der Waals surface area contributed by atoms with Crippen LogP contribution in [0.15, 0.2) is 40.8 Å². The topological polar surface area (TPSA) is 54.5 Å². The van der Waals surface area contributed by atoms with E-state index < -0.39 is 0 Å². The lowest BCUT2D eigenvalue weighted by Crippen LogP contribution is -2.31. The molecule has 26 heavy (non-hydrogen) atoms. The maximum atomic E-state index is 11.7. The molecule has 1 saturated heterocycles. The summed E-state index contributed by atoms with van der Waals surface area (Å²) in [5.41, 5.74) is 2.68. The smallest absolute Gasteiger partial charge is 0.288 e. The SMILES string of the molecule is O=C1CCCN1Cc1nn(CN2CC=C(c3ccccc3)CC2)c(=S)o1. The average molecular weight is 370 g/mol. The molecule has 2 aliphatic heterocycles. The first-order chi connectivity index (χ1) is 12.7. The van der Waals surface area contributed by atoms with E-state index in [1.165, 1.54) is 11.1 Å². The second-order valence-corrected chi connectivity index (χ2v) is 7.09. The van der Waals surface area contributed by atoms with Gasteiger partial charge in [0.15, 0.2) is 0 Å². The Hall–Kier alpha value is -2.25. The molecule has 0 spiro atoms. The molecule has 2 aliphatic rings. The van der Waals surface area contributed by atoms with Crippen molar-refractivity contribution in [2.45, 2.75) is 32.5 Å². The first-order valence-electron chi connectivity index (χ1n) is 9.00. The van der Waals surface area contributed by atoms with Crippen molar-refractivity contribution in [2.75, 3.05) is 19.6 Å². The summed E-state index contributed by atoms with van der Waals surface area (Å²) in [6.45, 7) is 3.60. The van der Waals surface area contributed by atoms with Crippen LogP contribution < -0.4 is 0 Å². The molecule has 1 amide bonds. The van der Waals surface area contributed by atoms with Crippen LogP contribution in [0, 0.1) is 4.84 Å². The van der Waals surface area contributed by atoms with E-state index >= 15 is 0 Å². The fraction of sp³-hybridized carbons (Fsp3) is 0.421. The zero-order chi connectivity index (χ0) is 17.9. The molecule has 136 valence electrons. The molecule has 0 aliphatic carbocycles. The largest absolute Gasteiger partial charge is 0.412 e. The molecule has 6 nitrogen and oxygen atoms in total. The standard InChI is InChI=1S/C19H22N4O2S/c24-18-7-4-10-22(18)13-17-20-23(19(26)25-17)14-21-11-8-16(9-12-21)15-5-2-1-3-6-15/h1-3,5-6,8H,4,7,9-14H2. The first-order valence-corrected chi connectivity index (χ1v) is 9.41. The van der Waals surface area contributed by atoms with Gasteiger partial charge in [0.05, 0.1) is 13.2 Å². The Morgan fingerprint density at radius 3 is 2.69 bits per heavy atom. The molecule has 0 atom stereocenters. The van der Waals surface area contributed by atoms with Crippen LogP contribution in [0.1, 0.15) is 30.7 Å². The molecule has 7 heteroatoms. The molecule has 1 fully saturated rings. The number of aromatic nitrogens is 2. The van der Waals surface area contributed by atoms with Gasteiger partial charge in [-0.3, -0.25) is 9.69 Å². The zero-order valence-corrected chi connectivity index (χ0v) is 15.5. The Kier molecular flexibility index (Phi) is 4.99. The van der Waals surface area contributed by atoms with Gasteiger partial charge in [-0.25, -0.2) is 4.68 Å². The predicted molar refractivity (Wildman–Crippen MR) is 101 cm³/mol. The highest BCUT2D eigenvalue weighted by Gasteiger charge is 2.22. The van der Waals surface area contributed by atoms with Crippen molar-refractivity contribution >= 4 is 23.7 Å². The molecule has 0 bridgehead atoms. The van der Waals surface area contributed by atoms with E-state index in [4.69, 9.17) is 16.6 Å². The van der Waals surface area contributed by atoms with E-state index in [1.54, 1.807) is 9.58 Å². The minimum atomic E-state index is 0.162. The predicted octanol–water partition coefficient (Wildman–Crippen LogP) is 3.07. The summed E-state index contributed by atoms with van der Waals surface area (Å²) in [4.78, 5) is 16.2. The normalized spacial score (nSPS) is 18.4. The van der Waals surface area contributed by atoms with Crippen molar-refractivity contribution in [1.82, 2.24) is 19.6 Å². The molecule has 1 aromatic heterocycles. The summed E-state index contributed by atoms with van der Waals surface area (Å²) in [6, 6.07) is 10.5. The Morgan fingerprint density at radius 1 is 1.15 bits per heavy atom. The van der Waals surface area contributed by atoms with Crippen molar-refractivity contribution in [2.24, 2.45) is 0 Å². The van der Waals surface area contributed by atoms with Crippen molar-refractivity contribution in [3.8, 4) is 0 Å². The lowest BCUT2D eigenvalue weighted by atomic mass is 10.00. The van der Waals surface area contributed by atoms with E-state index in [2.05, 4.69) is 40.3 Å². The molecular formula is C19H22N4O2S. The summed E-state index contributed by atoms with van der Waals surface area (Å²) in [5, 5.41) is 4.47. The number of nitrogens with zero attached hydrogens (tertiary/aromatic N) is 4. The minimum Gasteiger partial charge on any atom is -0.412 e. The average Bonchev–Trinajstić information content (AvgIpc) is 3.22. The maximum absolute atomic E-state index is 11.7. The van der Waals surface area contributed by atoms with E-state index in [-0.39, 0.29) is 5.91 Å². The fourth-order valence-corrected chi connectivity index (χ4v) is 3.68. The van der Waals surface area contributed by atoms with E-state index in [9.17, 15) is 4.79 Å². The quantitative estimate of drug-likeness (QED) is 0.757. The third-order valence-corrected chi connectivity index (χ3v) is 5.21. The molecule has 4 rings (SSSR count). The second-order valence-electron chi connectivity index (χ2n) is 6.74. The Labute approximate surface area is 157 Å². The number of likely N-dealkylation sites (tertiary alicyclic amines) is 1. The lowest BCUT2D eigenvalue weighted by molar-refractivity contribution is -0.128. The summed E-state index contributed by atoms with van der Waals surface area (Å²) >= 11 is 5.30. The van der Waals surface area contributed by atoms with E-state index in [0.29, 0.717) is 30.4 Å². The molecular weight excluding hydrogens is 348 g/mol. The number of amides is 1. The first kappa shape index (κ1) is 17.2. The second kappa shape index (κ2) is 7.55. The molecule has 0 radical (unpaired) electrons. The minimum absolute atomic E-state index is 0.162. The Bertz CT molecular complexity index is 871. The van der Waals surface area contributed by atoms with Crippen molar-refractivity contribution in [3.05, 3.63) is 52.7 Å². The van der Waals surface area contributed by atoms with Crippen LogP contribution in [0.5, 0.6) is 0 Å². The number of hydrogen-bond donors (Lipinski definition) is 0. The van der Waals surface area contributed by atoms with Gasteiger partial charge in [-0.15, -0.1) is 5.10 Å². The van der Waals surface area contributed by atoms with Gasteiger partial charge in [0.25, 0.3) is 4.84 Å². The third kappa shape index (κ3) is 3.78. The zero-order valence-electron chi connectivity index (χ0n) is 14.6. The van der Waals surface area contributed by atoms with Gasteiger partial charge in [-0.2, -0.15) is 0 Å². The van der Waals surface area contributed by atoms with Crippen LogP contribution in [0.4, 0.5) is 0 Å². The van der Waals surface area contributed by atoms with Gasteiger partial charge < -0.3 is 9.32 Å². The summed E-state index contributed by atoms with van der Waals surface area (Å²) in [6.07, 6.45) is 4.80. The van der Waals surface area contributed by atoms with Crippen LogP contribution in [-0.2, 0) is 18.0 Å². The molecule has 1 aromatic carbocycles. The van der Waals surface area contributed by atoms with Crippen LogP contribution in [-0.4, -0.2) is 45.1 Å². The number of benzene rings is 1. The number of rotatable bonds is 5. The van der Waals surface area contributed by atoms with Crippen molar-refractivity contribution < 1.29 is 9.21 Å². The highest BCUT2D eigenvalue weighted by molar-refractivity contribution is 7.71. The van der Waals surface area contributed by atoms with Crippen molar-refractivity contribution in [1.29, 1.82) is 0 Å². The van der Waals surface area contributed by atoms with E-state index in [1.807, 2.05) is 6.07 Å². The van der Waals surface area contributed by atoms with Crippen LogP contribution in [0.2, 0.25) is 0 Å². The number of carbonyl (C=O) groups is 1. The van der Waals surface area contributed by atoms with Gasteiger partial charge >= 0.3 is 0 Å². The summed E-state index contributed by atoms with van der Waals surface area (Å²) < 4.78 is 7.30.